The fourth-order valence-corrected chi connectivity index (χ4v) is 4.18. The van der Waals surface area contributed by atoms with E-state index in [1.165, 1.54) is 16.2 Å². The van der Waals surface area contributed by atoms with Crippen molar-refractivity contribution >= 4 is 32.6 Å². The monoisotopic (exact) mass is 409 g/mol. The fraction of sp³-hybridized carbons (Fsp3) is 0.136. The summed E-state index contributed by atoms with van der Waals surface area (Å²) < 4.78 is 28.6. The predicted octanol–water partition coefficient (Wildman–Crippen LogP) is 5.43. The molecular weight excluding hydrogens is 392 g/mol. The van der Waals surface area contributed by atoms with Crippen molar-refractivity contribution < 1.29 is 13.6 Å². The van der Waals surface area contributed by atoms with Crippen LogP contribution in [0.1, 0.15) is 27.0 Å². The first-order valence-electron chi connectivity index (χ1n) is 8.96. The Hall–Kier alpha value is -3.19. The minimum Gasteiger partial charge on any atom is -0.279 e. The Bertz CT molecular complexity index is 1170. The van der Waals surface area contributed by atoms with Crippen molar-refractivity contribution in [2.75, 3.05) is 4.90 Å². The summed E-state index contributed by atoms with van der Waals surface area (Å²) in [4.78, 5) is 23.4. The Balaban J connectivity index is 1.83. The van der Waals surface area contributed by atoms with Crippen LogP contribution in [0.15, 0.2) is 54.9 Å². The molecule has 0 spiro atoms. The molecule has 0 aliphatic heterocycles. The number of amides is 1. The van der Waals surface area contributed by atoms with Gasteiger partial charge in [-0.25, -0.2) is 13.8 Å². The number of hydrogen-bond acceptors (Lipinski definition) is 4. The van der Waals surface area contributed by atoms with Gasteiger partial charge in [0.05, 0.1) is 22.3 Å². The van der Waals surface area contributed by atoms with Gasteiger partial charge in [-0.05, 0) is 48.7 Å². The number of thiazole rings is 1. The van der Waals surface area contributed by atoms with E-state index in [4.69, 9.17) is 0 Å². The third-order valence-corrected chi connectivity index (χ3v) is 5.85. The average molecular weight is 409 g/mol. The van der Waals surface area contributed by atoms with E-state index in [0.29, 0.717) is 11.2 Å². The largest absolute Gasteiger partial charge is 0.279 e. The molecule has 2 aromatic heterocycles. The number of carbonyl (C=O) groups is 1. The Morgan fingerprint density at radius 2 is 1.90 bits per heavy atom. The second-order valence-corrected chi connectivity index (χ2v) is 7.73. The molecule has 4 nitrogen and oxygen atoms in total. The lowest BCUT2D eigenvalue weighted by Gasteiger charge is -2.20. The Labute approximate surface area is 170 Å². The topological polar surface area (TPSA) is 46.1 Å². The highest BCUT2D eigenvalue weighted by Gasteiger charge is 2.25. The highest BCUT2D eigenvalue weighted by atomic mass is 32.1. The number of aromatic nitrogens is 2. The summed E-state index contributed by atoms with van der Waals surface area (Å²) in [6.07, 6.45) is 3.28. The van der Waals surface area contributed by atoms with Gasteiger partial charge in [-0.3, -0.25) is 14.7 Å². The van der Waals surface area contributed by atoms with Gasteiger partial charge in [0, 0.05) is 18.5 Å². The second kappa shape index (κ2) is 7.67. The van der Waals surface area contributed by atoms with Crippen LogP contribution in [0.5, 0.6) is 0 Å². The zero-order valence-electron chi connectivity index (χ0n) is 15.8. The van der Waals surface area contributed by atoms with Gasteiger partial charge < -0.3 is 0 Å². The molecule has 0 radical (unpaired) electrons. The van der Waals surface area contributed by atoms with Crippen molar-refractivity contribution in [3.63, 3.8) is 0 Å². The van der Waals surface area contributed by atoms with Crippen LogP contribution >= 0.6 is 11.3 Å². The minimum atomic E-state index is -0.903. The van der Waals surface area contributed by atoms with Gasteiger partial charge in [0.15, 0.2) is 5.13 Å². The van der Waals surface area contributed by atoms with E-state index in [-0.39, 0.29) is 12.1 Å². The van der Waals surface area contributed by atoms with Crippen LogP contribution in [-0.2, 0) is 6.54 Å². The number of pyridine rings is 1. The van der Waals surface area contributed by atoms with Crippen molar-refractivity contribution in [1.82, 2.24) is 9.97 Å². The fourth-order valence-electron chi connectivity index (χ4n) is 3.07. The van der Waals surface area contributed by atoms with Crippen molar-refractivity contribution in [2.24, 2.45) is 0 Å². The van der Waals surface area contributed by atoms with Crippen molar-refractivity contribution in [1.29, 1.82) is 0 Å². The number of rotatable bonds is 4. The van der Waals surface area contributed by atoms with Gasteiger partial charge in [0.1, 0.15) is 11.6 Å². The van der Waals surface area contributed by atoms with Gasteiger partial charge >= 0.3 is 0 Å². The molecule has 0 saturated heterocycles. The molecule has 2 aromatic carbocycles. The average Bonchev–Trinajstić information content (AvgIpc) is 3.16. The summed E-state index contributed by atoms with van der Waals surface area (Å²) in [5.74, 6) is -2.22. The third-order valence-electron chi connectivity index (χ3n) is 4.63. The van der Waals surface area contributed by atoms with Crippen molar-refractivity contribution in [3.8, 4) is 0 Å². The van der Waals surface area contributed by atoms with Gasteiger partial charge in [0.25, 0.3) is 5.91 Å². The van der Waals surface area contributed by atoms with Crippen molar-refractivity contribution in [2.45, 2.75) is 20.4 Å². The molecule has 7 heteroatoms. The predicted molar refractivity (Wildman–Crippen MR) is 110 cm³/mol. The number of nitrogens with zero attached hydrogens (tertiary/aromatic N) is 3. The molecule has 4 rings (SSSR count). The standard InChI is InChI=1S/C22H17F2N3OS/c1-13-5-6-14(2)20-19(13)26-22(29-20)27(12-15-4-3-9-25-11-15)21(28)17-8-7-16(23)10-18(17)24/h3-11H,12H2,1-2H3. The summed E-state index contributed by atoms with van der Waals surface area (Å²) in [5, 5.41) is 0.454. The van der Waals surface area contributed by atoms with Crippen LogP contribution in [0.2, 0.25) is 0 Å². The summed E-state index contributed by atoms with van der Waals surface area (Å²) >= 11 is 1.37. The quantitative estimate of drug-likeness (QED) is 0.451. The van der Waals surface area contributed by atoms with E-state index in [1.54, 1.807) is 18.5 Å². The molecule has 0 unspecified atom stereocenters. The molecule has 1 amide bonds. The number of halogens is 2. The van der Waals surface area contributed by atoms with Crippen LogP contribution < -0.4 is 4.90 Å². The zero-order valence-corrected chi connectivity index (χ0v) is 16.6. The smallest absolute Gasteiger partial charge is 0.263 e. The molecule has 0 bridgehead atoms. The Kier molecular flexibility index (Phi) is 5.07. The molecule has 2 heterocycles. The molecule has 0 atom stereocenters. The molecule has 0 N–H and O–H groups in total. The number of hydrogen-bond donors (Lipinski definition) is 0. The third kappa shape index (κ3) is 3.73. The maximum atomic E-state index is 14.3. The van der Waals surface area contributed by atoms with Crippen molar-refractivity contribution in [3.05, 3.63) is 88.7 Å². The molecule has 0 fully saturated rings. The first kappa shape index (κ1) is 19.1. The maximum absolute atomic E-state index is 14.3. The lowest BCUT2D eigenvalue weighted by molar-refractivity contribution is 0.0981. The van der Waals surface area contributed by atoms with E-state index in [1.807, 2.05) is 32.0 Å². The van der Waals surface area contributed by atoms with Crippen LogP contribution in [0.3, 0.4) is 0 Å². The molecule has 29 heavy (non-hydrogen) atoms. The highest BCUT2D eigenvalue weighted by Crippen LogP contribution is 2.34. The van der Waals surface area contributed by atoms with Crippen LogP contribution in [0.25, 0.3) is 10.2 Å². The van der Waals surface area contributed by atoms with Crippen LogP contribution in [0, 0.1) is 25.5 Å². The lowest BCUT2D eigenvalue weighted by Crippen LogP contribution is -2.31. The normalized spacial score (nSPS) is 11.0. The van der Waals surface area contributed by atoms with Gasteiger partial charge in [-0.1, -0.05) is 29.5 Å². The SMILES string of the molecule is Cc1ccc(C)c2sc(N(Cc3cccnc3)C(=O)c3ccc(F)cc3F)nc12. The highest BCUT2D eigenvalue weighted by molar-refractivity contribution is 7.22. The van der Waals surface area contributed by atoms with E-state index in [2.05, 4.69) is 9.97 Å². The van der Waals surface area contributed by atoms with Gasteiger partial charge in [0.2, 0.25) is 0 Å². The summed E-state index contributed by atoms with van der Waals surface area (Å²) in [6.45, 7) is 4.11. The van der Waals surface area contributed by atoms with Gasteiger partial charge in [-0.15, -0.1) is 0 Å². The molecule has 0 saturated carbocycles. The number of fused-ring (bicyclic) bond motifs is 1. The van der Waals surface area contributed by atoms with E-state index < -0.39 is 17.5 Å². The summed E-state index contributed by atoms with van der Waals surface area (Å²) in [6, 6.07) is 10.5. The molecule has 0 aliphatic carbocycles. The van der Waals surface area contributed by atoms with E-state index in [9.17, 15) is 13.6 Å². The molecule has 4 aromatic rings. The Morgan fingerprint density at radius 1 is 1.10 bits per heavy atom. The Morgan fingerprint density at radius 3 is 2.59 bits per heavy atom. The summed E-state index contributed by atoms with van der Waals surface area (Å²) in [7, 11) is 0. The maximum Gasteiger partial charge on any atom is 0.263 e. The first-order valence-corrected chi connectivity index (χ1v) is 9.78. The number of aryl methyl sites for hydroxylation is 2. The zero-order chi connectivity index (χ0) is 20.5. The van der Waals surface area contributed by atoms with Crippen LogP contribution in [-0.4, -0.2) is 15.9 Å². The molecular formula is C22H17F2N3OS. The van der Waals surface area contributed by atoms with Gasteiger partial charge in [-0.2, -0.15) is 0 Å². The number of anilines is 1. The minimum absolute atomic E-state index is 0.168. The van der Waals surface area contributed by atoms with E-state index in [0.717, 1.165) is 39.0 Å². The second-order valence-electron chi connectivity index (χ2n) is 6.75. The van der Waals surface area contributed by atoms with E-state index >= 15 is 0 Å². The van der Waals surface area contributed by atoms with Crippen LogP contribution in [0.4, 0.5) is 13.9 Å². The number of benzene rings is 2. The number of carbonyl (C=O) groups excluding carboxylic acids is 1. The lowest BCUT2D eigenvalue weighted by atomic mass is 10.1. The summed E-state index contributed by atoms with van der Waals surface area (Å²) in [5.41, 5.74) is 3.43. The molecule has 146 valence electrons. The molecule has 0 aliphatic rings. The first-order chi connectivity index (χ1) is 13.9.